The van der Waals surface area contributed by atoms with Gasteiger partial charge in [-0.1, -0.05) is 30.3 Å². The van der Waals surface area contributed by atoms with E-state index in [4.69, 9.17) is 19.4 Å². The SMILES string of the molecule is Cn1c(-c2ccccc2)cc2c(N3CCOCC3)nc(N3CCOCC3)nc21. The smallest absolute Gasteiger partial charge is 0.229 e. The molecule has 0 spiro atoms. The highest BCUT2D eigenvalue weighted by atomic mass is 16.5. The Bertz CT molecular complexity index is 960. The van der Waals surface area contributed by atoms with Crippen LogP contribution in [0, 0.1) is 0 Å². The molecule has 2 aliphatic heterocycles. The van der Waals surface area contributed by atoms with Crippen LogP contribution in [0.3, 0.4) is 0 Å². The minimum atomic E-state index is 0.719. The molecule has 7 nitrogen and oxygen atoms in total. The zero-order chi connectivity index (χ0) is 18.9. The van der Waals surface area contributed by atoms with Crippen LogP contribution >= 0.6 is 0 Å². The first-order valence-corrected chi connectivity index (χ1v) is 9.89. The first-order chi connectivity index (χ1) is 13.8. The molecule has 146 valence electrons. The van der Waals surface area contributed by atoms with E-state index in [9.17, 15) is 0 Å². The first kappa shape index (κ1) is 17.5. The van der Waals surface area contributed by atoms with Gasteiger partial charge in [0.05, 0.1) is 37.5 Å². The van der Waals surface area contributed by atoms with Crippen molar-refractivity contribution in [3.63, 3.8) is 0 Å². The second-order valence-electron chi connectivity index (χ2n) is 7.24. The summed E-state index contributed by atoms with van der Waals surface area (Å²) in [6.07, 6.45) is 0. The summed E-state index contributed by atoms with van der Waals surface area (Å²) in [5, 5.41) is 1.10. The number of aryl methyl sites for hydroxylation is 1. The van der Waals surface area contributed by atoms with Crippen LogP contribution in [0.15, 0.2) is 36.4 Å². The second kappa shape index (κ2) is 7.41. The minimum Gasteiger partial charge on any atom is -0.378 e. The van der Waals surface area contributed by atoms with E-state index in [-0.39, 0.29) is 0 Å². The standard InChI is InChI=1S/C21H25N5O2/c1-24-18(16-5-3-2-4-6-16)15-17-19(24)22-21(26-9-13-28-14-10-26)23-20(17)25-7-11-27-12-8-25/h2-6,15H,7-14H2,1H3. The van der Waals surface area contributed by atoms with Gasteiger partial charge in [-0.15, -0.1) is 0 Å². The molecule has 0 radical (unpaired) electrons. The van der Waals surface area contributed by atoms with Crippen molar-refractivity contribution in [2.75, 3.05) is 62.4 Å². The predicted octanol–water partition coefficient (Wildman–Crippen LogP) is 2.31. The molecule has 1 aromatic carbocycles. The zero-order valence-corrected chi connectivity index (χ0v) is 16.2. The molecule has 2 saturated heterocycles. The van der Waals surface area contributed by atoms with Gasteiger partial charge in [0.2, 0.25) is 5.95 Å². The monoisotopic (exact) mass is 379 g/mol. The maximum absolute atomic E-state index is 5.56. The normalized spacial score (nSPS) is 18.0. The van der Waals surface area contributed by atoms with Crippen molar-refractivity contribution in [3.8, 4) is 11.3 Å². The predicted molar refractivity (Wildman–Crippen MR) is 110 cm³/mol. The Morgan fingerprint density at radius 3 is 2.14 bits per heavy atom. The fourth-order valence-electron chi connectivity index (χ4n) is 3.97. The van der Waals surface area contributed by atoms with Crippen LogP contribution in [0.25, 0.3) is 22.3 Å². The number of anilines is 2. The summed E-state index contributed by atoms with van der Waals surface area (Å²) >= 11 is 0. The lowest BCUT2D eigenvalue weighted by Gasteiger charge is -2.31. The average Bonchev–Trinajstić information content (AvgIpc) is 3.11. The van der Waals surface area contributed by atoms with Crippen LogP contribution in [0.5, 0.6) is 0 Å². The van der Waals surface area contributed by atoms with E-state index in [2.05, 4.69) is 51.7 Å². The number of morpholine rings is 2. The van der Waals surface area contributed by atoms with E-state index in [0.29, 0.717) is 0 Å². The third kappa shape index (κ3) is 3.10. The number of rotatable bonds is 3. The van der Waals surface area contributed by atoms with Crippen molar-refractivity contribution in [2.24, 2.45) is 7.05 Å². The largest absolute Gasteiger partial charge is 0.378 e. The van der Waals surface area contributed by atoms with Crippen molar-refractivity contribution in [2.45, 2.75) is 0 Å². The Kier molecular flexibility index (Phi) is 4.62. The average molecular weight is 379 g/mol. The van der Waals surface area contributed by atoms with Crippen molar-refractivity contribution in [3.05, 3.63) is 36.4 Å². The molecular weight excluding hydrogens is 354 g/mol. The van der Waals surface area contributed by atoms with Crippen molar-refractivity contribution < 1.29 is 9.47 Å². The molecule has 0 amide bonds. The molecule has 0 bridgehead atoms. The molecule has 5 rings (SSSR count). The van der Waals surface area contributed by atoms with Gasteiger partial charge in [-0.25, -0.2) is 0 Å². The molecule has 0 atom stereocenters. The van der Waals surface area contributed by atoms with Gasteiger partial charge in [-0.05, 0) is 11.6 Å². The van der Waals surface area contributed by atoms with E-state index in [0.717, 1.165) is 81.1 Å². The van der Waals surface area contributed by atoms with Crippen LogP contribution in [0.4, 0.5) is 11.8 Å². The van der Waals surface area contributed by atoms with Crippen molar-refractivity contribution in [1.82, 2.24) is 14.5 Å². The Balaban J connectivity index is 1.67. The molecule has 3 aromatic rings. The van der Waals surface area contributed by atoms with Gasteiger partial charge in [0.1, 0.15) is 11.5 Å². The summed E-state index contributed by atoms with van der Waals surface area (Å²) in [5.74, 6) is 1.80. The molecule has 0 unspecified atom stereocenters. The summed E-state index contributed by atoms with van der Waals surface area (Å²) < 4.78 is 13.3. The van der Waals surface area contributed by atoms with Crippen molar-refractivity contribution in [1.29, 1.82) is 0 Å². The molecule has 0 saturated carbocycles. The number of aromatic nitrogens is 3. The fourth-order valence-corrected chi connectivity index (χ4v) is 3.97. The fraction of sp³-hybridized carbons (Fsp3) is 0.429. The van der Waals surface area contributed by atoms with E-state index in [1.54, 1.807) is 0 Å². The molecule has 0 N–H and O–H groups in total. The highest BCUT2D eigenvalue weighted by Crippen LogP contribution is 2.33. The zero-order valence-electron chi connectivity index (χ0n) is 16.2. The van der Waals surface area contributed by atoms with Gasteiger partial charge >= 0.3 is 0 Å². The molecule has 0 aliphatic carbocycles. The molecule has 28 heavy (non-hydrogen) atoms. The van der Waals surface area contributed by atoms with E-state index < -0.39 is 0 Å². The molecule has 4 heterocycles. The van der Waals surface area contributed by atoms with E-state index in [1.165, 1.54) is 5.56 Å². The van der Waals surface area contributed by atoms with Crippen LogP contribution in [-0.4, -0.2) is 67.1 Å². The maximum Gasteiger partial charge on any atom is 0.229 e. The molecular formula is C21H25N5O2. The Labute approximate surface area is 164 Å². The van der Waals surface area contributed by atoms with Gasteiger partial charge in [-0.3, -0.25) is 0 Å². The Morgan fingerprint density at radius 1 is 0.821 bits per heavy atom. The van der Waals surface area contributed by atoms with E-state index in [1.807, 2.05) is 6.07 Å². The van der Waals surface area contributed by atoms with Gasteiger partial charge in [-0.2, -0.15) is 9.97 Å². The summed E-state index contributed by atoms with van der Waals surface area (Å²) in [6.45, 7) is 6.25. The summed E-state index contributed by atoms with van der Waals surface area (Å²) in [7, 11) is 2.09. The number of fused-ring (bicyclic) bond motifs is 1. The summed E-state index contributed by atoms with van der Waals surface area (Å²) in [6, 6.07) is 12.7. The lowest BCUT2D eigenvalue weighted by Crippen LogP contribution is -2.39. The Morgan fingerprint density at radius 2 is 1.46 bits per heavy atom. The lowest BCUT2D eigenvalue weighted by atomic mass is 10.1. The lowest BCUT2D eigenvalue weighted by molar-refractivity contribution is 0.121. The van der Waals surface area contributed by atoms with Crippen LogP contribution in [-0.2, 0) is 16.5 Å². The second-order valence-corrected chi connectivity index (χ2v) is 7.24. The van der Waals surface area contributed by atoms with Gasteiger partial charge in [0.15, 0.2) is 0 Å². The van der Waals surface area contributed by atoms with Gasteiger partial charge in [0, 0.05) is 33.2 Å². The molecule has 2 fully saturated rings. The molecule has 7 heteroatoms. The number of benzene rings is 1. The third-order valence-electron chi connectivity index (χ3n) is 5.53. The number of hydrogen-bond donors (Lipinski definition) is 0. The summed E-state index contributed by atoms with van der Waals surface area (Å²) in [4.78, 5) is 14.5. The first-order valence-electron chi connectivity index (χ1n) is 9.89. The Hall–Kier alpha value is -2.64. The third-order valence-corrected chi connectivity index (χ3v) is 5.53. The van der Waals surface area contributed by atoms with Gasteiger partial charge in [0.25, 0.3) is 0 Å². The maximum atomic E-state index is 5.56. The van der Waals surface area contributed by atoms with Gasteiger partial charge < -0.3 is 23.8 Å². The van der Waals surface area contributed by atoms with Crippen molar-refractivity contribution >= 4 is 22.8 Å². The van der Waals surface area contributed by atoms with Crippen LogP contribution in [0.1, 0.15) is 0 Å². The minimum absolute atomic E-state index is 0.719. The molecule has 2 aromatic heterocycles. The quantitative estimate of drug-likeness (QED) is 0.696. The summed E-state index contributed by atoms with van der Waals surface area (Å²) in [5.41, 5.74) is 3.30. The number of ether oxygens (including phenoxy) is 2. The van der Waals surface area contributed by atoms with Crippen LogP contribution in [0.2, 0.25) is 0 Å². The van der Waals surface area contributed by atoms with E-state index >= 15 is 0 Å². The topological polar surface area (TPSA) is 55.7 Å². The van der Waals surface area contributed by atoms with Crippen LogP contribution < -0.4 is 9.80 Å². The number of hydrogen-bond acceptors (Lipinski definition) is 6. The molecule has 2 aliphatic rings. The highest BCUT2D eigenvalue weighted by molar-refractivity contribution is 5.93. The number of nitrogens with zero attached hydrogens (tertiary/aromatic N) is 5. The highest BCUT2D eigenvalue weighted by Gasteiger charge is 2.23.